The van der Waals surface area contributed by atoms with E-state index in [0.717, 1.165) is 16.3 Å². The van der Waals surface area contributed by atoms with E-state index in [2.05, 4.69) is 0 Å². The molecule has 1 unspecified atom stereocenters. The summed E-state index contributed by atoms with van der Waals surface area (Å²) in [5.74, 6) is 1.19. The lowest BCUT2D eigenvalue weighted by Gasteiger charge is -2.19. The van der Waals surface area contributed by atoms with Gasteiger partial charge in [0, 0.05) is 12.1 Å². The summed E-state index contributed by atoms with van der Waals surface area (Å²) in [6, 6.07) is 5.45. The van der Waals surface area contributed by atoms with E-state index in [-0.39, 0.29) is 6.10 Å². The van der Waals surface area contributed by atoms with Gasteiger partial charge in [0.05, 0.1) is 18.0 Å². The number of hydrogen-bond acceptors (Lipinski definition) is 2. The summed E-state index contributed by atoms with van der Waals surface area (Å²) in [7, 11) is 1.93. The van der Waals surface area contributed by atoms with Gasteiger partial charge >= 0.3 is 0 Å². The normalized spacial score (nSPS) is 20.1. The van der Waals surface area contributed by atoms with Crippen molar-refractivity contribution in [2.45, 2.75) is 6.10 Å². The van der Waals surface area contributed by atoms with Crippen LogP contribution < -0.4 is 4.74 Å². The lowest BCUT2D eigenvalue weighted by atomic mass is 10.2. The molecule has 0 N–H and O–H groups in total. The van der Waals surface area contributed by atoms with Crippen molar-refractivity contribution in [3.8, 4) is 5.75 Å². The summed E-state index contributed by atoms with van der Waals surface area (Å²) >= 11 is 17.2. The van der Waals surface area contributed by atoms with Crippen LogP contribution >= 0.6 is 35.4 Å². The molecule has 0 bridgehead atoms. The van der Waals surface area contributed by atoms with Gasteiger partial charge < -0.3 is 9.64 Å². The molecule has 86 valence electrons. The predicted molar refractivity (Wildman–Crippen MR) is 70.9 cm³/mol. The zero-order valence-corrected chi connectivity index (χ0v) is 11.1. The first-order valence-corrected chi connectivity index (χ1v) is 6.21. The van der Waals surface area contributed by atoms with E-state index in [0.29, 0.717) is 17.4 Å². The standard InChI is InChI=1S/C11H11Cl2NOS/c1-14-6-8(5-12)15-10-3-2-7(13)4-9(10)11(14)16/h2-4,8H,5-6H2,1H3. The van der Waals surface area contributed by atoms with E-state index in [1.807, 2.05) is 24.1 Å². The predicted octanol–water partition coefficient (Wildman–Crippen LogP) is 2.95. The first-order valence-electron chi connectivity index (χ1n) is 4.89. The Bertz CT molecular complexity index is 424. The number of ether oxygens (including phenoxy) is 1. The second-order valence-corrected chi connectivity index (χ2v) is 4.85. The van der Waals surface area contributed by atoms with Crippen molar-refractivity contribution in [2.75, 3.05) is 19.5 Å². The van der Waals surface area contributed by atoms with Gasteiger partial charge in [0.25, 0.3) is 0 Å². The highest BCUT2D eigenvalue weighted by molar-refractivity contribution is 7.80. The molecule has 1 atom stereocenters. The number of likely N-dealkylation sites (N-methyl/N-ethyl adjacent to an activating group) is 1. The largest absolute Gasteiger partial charge is 0.487 e. The van der Waals surface area contributed by atoms with Crippen LogP contribution in [0.15, 0.2) is 18.2 Å². The van der Waals surface area contributed by atoms with Crippen LogP contribution in [0.25, 0.3) is 0 Å². The molecule has 2 rings (SSSR count). The van der Waals surface area contributed by atoms with Crippen LogP contribution in [-0.4, -0.2) is 35.5 Å². The molecular weight excluding hydrogens is 265 g/mol. The average Bonchev–Trinajstić information content (AvgIpc) is 2.39. The molecule has 0 aromatic heterocycles. The Morgan fingerprint density at radius 1 is 1.56 bits per heavy atom. The molecule has 0 aliphatic carbocycles. The molecule has 5 heteroatoms. The second-order valence-electron chi connectivity index (χ2n) is 3.72. The number of alkyl halides is 1. The van der Waals surface area contributed by atoms with Crippen LogP contribution in [0, 0.1) is 0 Å². The Morgan fingerprint density at radius 2 is 2.31 bits per heavy atom. The SMILES string of the molecule is CN1CC(CCl)Oc2ccc(Cl)cc2C1=S. The molecule has 1 heterocycles. The Labute approximate surface area is 110 Å². The van der Waals surface area contributed by atoms with Crippen molar-refractivity contribution in [3.05, 3.63) is 28.8 Å². The fourth-order valence-electron chi connectivity index (χ4n) is 1.66. The van der Waals surface area contributed by atoms with Crippen molar-refractivity contribution < 1.29 is 4.74 Å². The Kier molecular flexibility index (Phi) is 3.57. The number of rotatable bonds is 1. The molecule has 0 fully saturated rings. The summed E-state index contributed by atoms with van der Waals surface area (Å²) in [6.45, 7) is 0.689. The van der Waals surface area contributed by atoms with Gasteiger partial charge in [-0.2, -0.15) is 0 Å². The smallest absolute Gasteiger partial charge is 0.130 e. The number of hydrogen-bond donors (Lipinski definition) is 0. The van der Waals surface area contributed by atoms with Crippen LogP contribution in [0.4, 0.5) is 0 Å². The number of fused-ring (bicyclic) bond motifs is 1. The minimum atomic E-state index is -0.0490. The fraction of sp³-hybridized carbons (Fsp3) is 0.364. The van der Waals surface area contributed by atoms with Crippen LogP contribution in [0.2, 0.25) is 5.02 Å². The maximum atomic E-state index is 5.95. The van der Waals surface area contributed by atoms with Gasteiger partial charge in [-0.05, 0) is 18.2 Å². The van der Waals surface area contributed by atoms with Crippen LogP contribution in [0.3, 0.4) is 0 Å². The molecule has 1 aliphatic rings. The van der Waals surface area contributed by atoms with Crippen molar-refractivity contribution in [1.29, 1.82) is 0 Å². The van der Waals surface area contributed by atoms with Crippen LogP contribution in [-0.2, 0) is 0 Å². The first-order chi connectivity index (χ1) is 7.61. The fourth-order valence-corrected chi connectivity index (χ4v) is 2.23. The van der Waals surface area contributed by atoms with Crippen molar-refractivity contribution >= 4 is 40.4 Å². The molecule has 16 heavy (non-hydrogen) atoms. The second kappa shape index (κ2) is 4.78. The van der Waals surface area contributed by atoms with Gasteiger partial charge in [-0.1, -0.05) is 23.8 Å². The molecule has 1 aromatic carbocycles. The maximum absolute atomic E-state index is 5.95. The van der Waals surface area contributed by atoms with E-state index in [1.165, 1.54) is 0 Å². The number of halogens is 2. The topological polar surface area (TPSA) is 12.5 Å². The number of nitrogens with zero attached hydrogens (tertiary/aromatic N) is 1. The van der Waals surface area contributed by atoms with E-state index >= 15 is 0 Å². The summed E-state index contributed by atoms with van der Waals surface area (Å²) in [5.41, 5.74) is 0.859. The van der Waals surface area contributed by atoms with Crippen molar-refractivity contribution in [3.63, 3.8) is 0 Å². The molecule has 2 nitrogen and oxygen atoms in total. The first kappa shape index (κ1) is 12.0. The molecule has 0 amide bonds. The highest BCUT2D eigenvalue weighted by Crippen LogP contribution is 2.28. The highest BCUT2D eigenvalue weighted by Gasteiger charge is 2.23. The Balaban J connectivity index is 2.45. The lowest BCUT2D eigenvalue weighted by Crippen LogP contribution is -2.34. The van der Waals surface area contributed by atoms with Gasteiger partial charge in [-0.25, -0.2) is 0 Å². The van der Waals surface area contributed by atoms with E-state index < -0.39 is 0 Å². The lowest BCUT2D eigenvalue weighted by molar-refractivity contribution is 0.204. The Morgan fingerprint density at radius 3 is 3.00 bits per heavy atom. The third-order valence-corrected chi connectivity index (χ3v) is 3.57. The third kappa shape index (κ3) is 2.26. The minimum absolute atomic E-state index is 0.0490. The van der Waals surface area contributed by atoms with E-state index in [4.69, 9.17) is 40.2 Å². The quantitative estimate of drug-likeness (QED) is 0.578. The Hall–Kier alpha value is -0.510. The summed E-state index contributed by atoms with van der Waals surface area (Å²) in [6.07, 6.45) is -0.0490. The summed E-state index contributed by atoms with van der Waals surface area (Å²) in [4.78, 5) is 2.70. The number of benzene rings is 1. The maximum Gasteiger partial charge on any atom is 0.130 e. The van der Waals surface area contributed by atoms with Gasteiger partial charge in [-0.3, -0.25) is 0 Å². The van der Waals surface area contributed by atoms with Crippen molar-refractivity contribution in [2.24, 2.45) is 0 Å². The molecule has 0 spiro atoms. The van der Waals surface area contributed by atoms with E-state index in [1.54, 1.807) is 6.07 Å². The number of thiocarbonyl (C=S) groups is 1. The zero-order valence-electron chi connectivity index (χ0n) is 8.74. The average molecular weight is 276 g/mol. The molecule has 1 aliphatic heterocycles. The molecule has 0 saturated carbocycles. The zero-order chi connectivity index (χ0) is 11.7. The van der Waals surface area contributed by atoms with Crippen LogP contribution in [0.5, 0.6) is 5.75 Å². The summed E-state index contributed by atoms with van der Waals surface area (Å²) < 4.78 is 5.78. The molecule has 0 radical (unpaired) electrons. The van der Waals surface area contributed by atoms with Gasteiger partial charge in [-0.15, -0.1) is 11.6 Å². The molecule has 0 saturated heterocycles. The molecule has 1 aromatic rings. The third-order valence-electron chi connectivity index (χ3n) is 2.46. The van der Waals surface area contributed by atoms with Crippen LogP contribution in [0.1, 0.15) is 5.56 Å². The van der Waals surface area contributed by atoms with Gasteiger partial charge in [0.15, 0.2) is 0 Å². The van der Waals surface area contributed by atoms with Gasteiger partial charge in [0.2, 0.25) is 0 Å². The van der Waals surface area contributed by atoms with Crippen molar-refractivity contribution in [1.82, 2.24) is 4.90 Å². The minimum Gasteiger partial charge on any atom is -0.487 e. The summed E-state index contributed by atoms with van der Waals surface area (Å²) in [5, 5.41) is 0.655. The monoisotopic (exact) mass is 275 g/mol. The molecular formula is C11H11Cl2NOS. The van der Waals surface area contributed by atoms with Gasteiger partial charge in [0.1, 0.15) is 16.8 Å². The van der Waals surface area contributed by atoms with E-state index in [9.17, 15) is 0 Å². The highest BCUT2D eigenvalue weighted by atomic mass is 35.5.